The molecule has 1 N–H and O–H groups in total. The third kappa shape index (κ3) is 4.17. The molecule has 0 saturated carbocycles. The minimum Gasteiger partial charge on any atom is -0.484 e. The summed E-state index contributed by atoms with van der Waals surface area (Å²) < 4.78 is 5.53. The Morgan fingerprint density at radius 2 is 1.96 bits per heavy atom. The highest BCUT2D eigenvalue weighted by molar-refractivity contribution is 6.34. The topological polar surface area (TPSA) is 58.6 Å². The Morgan fingerprint density at radius 1 is 1.23 bits per heavy atom. The van der Waals surface area contributed by atoms with Gasteiger partial charge in [0.1, 0.15) is 5.75 Å². The highest BCUT2D eigenvalue weighted by Gasteiger charge is 2.21. The maximum Gasteiger partial charge on any atom is 0.262 e. The summed E-state index contributed by atoms with van der Waals surface area (Å²) >= 11 is 6.20. The Labute approximate surface area is 157 Å². The molecule has 0 spiro atoms. The van der Waals surface area contributed by atoms with Crippen molar-refractivity contribution in [1.29, 1.82) is 0 Å². The van der Waals surface area contributed by atoms with E-state index in [0.717, 1.165) is 29.8 Å². The summed E-state index contributed by atoms with van der Waals surface area (Å²) in [5, 5.41) is 3.30. The zero-order valence-electron chi connectivity index (χ0n) is 14.8. The van der Waals surface area contributed by atoms with Gasteiger partial charge in [-0.25, -0.2) is 0 Å². The fraction of sp³-hybridized carbons (Fsp3) is 0.300. The van der Waals surface area contributed by atoms with Gasteiger partial charge in [0.05, 0.1) is 10.7 Å². The molecule has 0 atom stereocenters. The van der Waals surface area contributed by atoms with E-state index in [0.29, 0.717) is 22.9 Å². The van der Waals surface area contributed by atoms with Crippen molar-refractivity contribution >= 4 is 34.8 Å². The molecule has 1 fully saturated rings. The van der Waals surface area contributed by atoms with Gasteiger partial charge in [-0.3, -0.25) is 9.59 Å². The van der Waals surface area contributed by atoms with E-state index in [-0.39, 0.29) is 18.4 Å². The number of carbonyl (C=O) groups is 2. The zero-order valence-corrected chi connectivity index (χ0v) is 15.6. The molecular formula is C20H21ClN2O3. The third-order valence-corrected chi connectivity index (χ3v) is 4.59. The fourth-order valence-electron chi connectivity index (χ4n) is 3.04. The second kappa shape index (κ2) is 7.79. The summed E-state index contributed by atoms with van der Waals surface area (Å²) in [5.41, 5.74) is 3.40. The van der Waals surface area contributed by atoms with E-state index in [4.69, 9.17) is 16.3 Å². The summed E-state index contributed by atoms with van der Waals surface area (Å²) in [7, 11) is 0. The average Bonchev–Trinajstić information content (AvgIpc) is 3.03. The van der Waals surface area contributed by atoms with Crippen molar-refractivity contribution in [3.05, 3.63) is 52.5 Å². The molecule has 1 aliphatic rings. The van der Waals surface area contributed by atoms with Crippen molar-refractivity contribution in [2.45, 2.75) is 26.7 Å². The minimum atomic E-state index is -0.280. The fourth-order valence-corrected chi connectivity index (χ4v) is 3.41. The van der Waals surface area contributed by atoms with Gasteiger partial charge in [0.2, 0.25) is 5.91 Å². The van der Waals surface area contributed by atoms with Gasteiger partial charge in [0, 0.05) is 18.7 Å². The van der Waals surface area contributed by atoms with Gasteiger partial charge >= 0.3 is 0 Å². The molecule has 1 aliphatic heterocycles. The van der Waals surface area contributed by atoms with Crippen molar-refractivity contribution in [1.82, 2.24) is 0 Å². The van der Waals surface area contributed by atoms with Crippen molar-refractivity contribution in [3.8, 4) is 5.75 Å². The first-order valence-electron chi connectivity index (χ1n) is 8.54. The molecule has 0 unspecified atom stereocenters. The van der Waals surface area contributed by atoms with E-state index in [9.17, 15) is 9.59 Å². The molecule has 2 aromatic carbocycles. The Morgan fingerprint density at radius 3 is 2.58 bits per heavy atom. The van der Waals surface area contributed by atoms with Crippen LogP contribution in [0.3, 0.4) is 0 Å². The van der Waals surface area contributed by atoms with Crippen LogP contribution >= 0.6 is 11.6 Å². The van der Waals surface area contributed by atoms with Crippen molar-refractivity contribution < 1.29 is 14.3 Å². The quantitative estimate of drug-likeness (QED) is 0.859. The van der Waals surface area contributed by atoms with Crippen molar-refractivity contribution in [3.63, 3.8) is 0 Å². The van der Waals surface area contributed by atoms with Crippen LogP contribution in [-0.2, 0) is 9.59 Å². The van der Waals surface area contributed by atoms with Gasteiger partial charge in [0.15, 0.2) is 6.61 Å². The monoisotopic (exact) mass is 372 g/mol. The molecular weight excluding hydrogens is 352 g/mol. The van der Waals surface area contributed by atoms with E-state index < -0.39 is 0 Å². The van der Waals surface area contributed by atoms with Gasteiger partial charge < -0.3 is 15.0 Å². The van der Waals surface area contributed by atoms with E-state index in [1.807, 2.05) is 38.1 Å². The van der Waals surface area contributed by atoms with E-state index in [1.54, 1.807) is 17.0 Å². The van der Waals surface area contributed by atoms with Crippen LogP contribution in [0, 0.1) is 13.8 Å². The lowest BCUT2D eigenvalue weighted by atomic mass is 10.1. The third-order valence-electron chi connectivity index (χ3n) is 4.29. The van der Waals surface area contributed by atoms with Crippen LogP contribution < -0.4 is 15.0 Å². The molecule has 0 bridgehead atoms. The van der Waals surface area contributed by atoms with Crippen LogP contribution in [0.15, 0.2) is 36.4 Å². The van der Waals surface area contributed by atoms with Crippen molar-refractivity contribution in [2.24, 2.45) is 0 Å². The maximum absolute atomic E-state index is 12.1. The van der Waals surface area contributed by atoms with Crippen LogP contribution in [0.2, 0.25) is 5.02 Å². The number of hydrogen-bond acceptors (Lipinski definition) is 3. The second-order valence-electron chi connectivity index (χ2n) is 6.42. The highest BCUT2D eigenvalue weighted by atomic mass is 35.5. The smallest absolute Gasteiger partial charge is 0.262 e. The normalized spacial score (nSPS) is 13.8. The summed E-state index contributed by atoms with van der Waals surface area (Å²) in [5.74, 6) is 0.434. The minimum absolute atomic E-state index is 0.119. The molecule has 136 valence electrons. The number of carbonyl (C=O) groups excluding carboxylic acids is 2. The predicted molar refractivity (Wildman–Crippen MR) is 103 cm³/mol. The van der Waals surface area contributed by atoms with Crippen LogP contribution in [0.1, 0.15) is 24.0 Å². The molecule has 1 heterocycles. The van der Waals surface area contributed by atoms with Crippen LogP contribution in [0.4, 0.5) is 11.4 Å². The lowest BCUT2D eigenvalue weighted by Crippen LogP contribution is -2.23. The first-order valence-corrected chi connectivity index (χ1v) is 8.91. The molecule has 0 aromatic heterocycles. The summed E-state index contributed by atoms with van der Waals surface area (Å²) in [4.78, 5) is 25.7. The van der Waals surface area contributed by atoms with Gasteiger partial charge in [0.25, 0.3) is 5.91 Å². The largest absolute Gasteiger partial charge is 0.484 e. The van der Waals surface area contributed by atoms with Gasteiger partial charge in [-0.2, -0.15) is 0 Å². The Hall–Kier alpha value is -2.53. The SMILES string of the molecule is Cc1cc(C)c(NC(=O)COc2ccc(N3CCCC3=O)cc2)c(Cl)c1. The number of nitrogens with zero attached hydrogens (tertiary/aromatic N) is 1. The molecule has 6 heteroatoms. The number of aryl methyl sites for hydroxylation is 2. The molecule has 26 heavy (non-hydrogen) atoms. The number of nitrogens with one attached hydrogen (secondary N) is 1. The standard InChI is InChI=1S/C20H21ClN2O3/c1-13-10-14(2)20(17(21)11-13)22-18(24)12-26-16-7-5-15(6-8-16)23-9-3-4-19(23)25/h5-8,10-11H,3-4,9,12H2,1-2H3,(H,22,24). The lowest BCUT2D eigenvalue weighted by Gasteiger charge is -2.16. The second-order valence-corrected chi connectivity index (χ2v) is 6.83. The summed E-state index contributed by atoms with van der Waals surface area (Å²) in [6, 6.07) is 11.0. The van der Waals surface area contributed by atoms with Gasteiger partial charge in [-0.15, -0.1) is 0 Å². The first-order chi connectivity index (χ1) is 12.4. The number of benzene rings is 2. The number of ether oxygens (including phenoxy) is 1. The Balaban J connectivity index is 1.57. The van der Waals surface area contributed by atoms with Crippen LogP contribution in [-0.4, -0.2) is 25.0 Å². The molecule has 0 aliphatic carbocycles. The molecule has 3 rings (SSSR count). The number of halogens is 1. The van der Waals surface area contributed by atoms with Crippen LogP contribution in [0.25, 0.3) is 0 Å². The number of rotatable bonds is 5. The van der Waals surface area contributed by atoms with Crippen molar-refractivity contribution in [2.75, 3.05) is 23.4 Å². The van der Waals surface area contributed by atoms with E-state index >= 15 is 0 Å². The van der Waals surface area contributed by atoms with E-state index in [1.165, 1.54) is 0 Å². The molecule has 5 nitrogen and oxygen atoms in total. The summed E-state index contributed by atoms with van der Waals surface area (Å²) in [6.07, 6.45) is 1.48. The Kier molecular flexibility index (Phi) is 5.47. The zero-order chi connectivity index (χ0) is 18.7. The lowest BCUT2D eigenvalue weighted by molar-refractivity contribution is -0.118. The molecule has 1 saturated heterocycles. The number of anilines is 2. The highest BCUT2D eigenvalue weighted by Crippen LogP contribution is 2.27. The summed E-state index contributed by atoms with van der Waals surface area (Å²) in [6.45, 7) is 4.48. The van der Waals surface area contributed by atoms with Crippen LogP contribution in [0.5, 0.6) is 5.75 Å². The molecule has 2 aromatic rings. The predicted octanol–water partition coefficient (Wildman–Crippen LogP) is 4.10. The van der Waals surface area contributed by atoms with E-state index in [2.05, 4.69) is 5.32 Å². The first kappa shape index (κ1) is 18.3. The maximum atomic E-state index is 12.1. The average molecular weight is 373 g/mol. The molecule has 2 amide bonds. The Bertz CT molecular complexity index is 810. The number of hydrogen-bond donors (Lipinski definition) is 1. The van der Waals surface area contributed by atoms with Gasteiger partial charge in [-0.1, -0.05) is 17.7 Å². The van der Waals surface area contributed by atoms with Gasteiger partial charge in [-0.05, 0) is 61.7 Å². The molecule has 0 radical (unpaired) electrons. The number of amides is 2.